The molecule has 0 atom stereocenters. The van der Waals surface area contributed by atoms with E-state index in [1.807, 2.05) is 24.3 Å². The third-order valence-electron chi connectivity index (χ3n) is 8.27. The van der Waals surface area contributed by atoms with Crippen LogP contribution in [-0.4, -0.2) is 36.9 Å². The van der Waals surface area contributed by atoms with Crippen molar-refractivity contribution in [2.75, 3.05) is 26.2 Å². The lowest BCUT2D eigenvalue weighted by Crippen LogP contribution is -2.35. The molecule has 2 heterocycles. The summed E-state index contributed by atoms with van der Waals surface area (Å²) in [6.45, 7) is 4.53. The van der Waals surface area contributed by atoms with E-state index in [0.717, 1.165) is 30.3 Å². The molecule has 5 rings (SSSR count). The van der Waals surface area contributed by atoms with E-state index < -0.39 is 0 Å². The van der Waals surface area contributed by atoms with E-state index in [1.165, 1.54) is 70.1 Å². The van der Waals surface area contributed by atoms with E-state index in [0.29, 0.717) is 23.3 Å². The molecule has 0 radical (unpaired) electrons. The molecule has 4 heteroatoms. The van der Waals surface area contributed by atoms with Gasteiger partial charge in [-0.1, -0.05) is 36.6 Å². The summed E-state index contributed by atoms with van der Waals surface area (Å²) in [6, 6.07) is 14.0. The molecule has 2 fully saturated rings. The summed E-state index contributed by atoms with van der Waals surface area (Å²) < 4.78 is 5.78. The van der Waals surface area contributed by atoms with Gasteiger partial charge in [-0.15, -0.1) is 0 Å². The number of likely N-dealkylation sites (tertiary alicyclic amines) is 1. The molecule has 176 valence electrons. The van der Waals surface area contributed by atoms with Crippen LogP contribution in [0.3, 0.4) is 0 Å². The fourth-order valence-electron chi connectivity index (χ4n) is 6.20. The molecule has 0 amide bonds. The molecule has 0 unspecified atom stereocenters. The van der Waals surface area contributed by atoms with Crippen LogP contribution in [0.15, 0.2) is 42.5 Å². The minimum Gasteiger partial charge on any atom is -0.493 e. The van der Waals surface area contributed by atoms with Gasteiger partial charge >= 0.3 is 0 Å². The van der Waals surface area contributed by atoms with Gasteiger partial charge < -0.3 is 9.64 Å². The largest absolute Gasteiger partial charge is 0.493 e. The second kappa shape index (κ2) is 10.6. The van der Waals surface area contributed by atoms with Crippen molar-refractivity contribution in [1.29, 1.82) is 0 Å². The molecule has 2 aromatic rings. The third kappa shape index (κ3) is 5.63. The zero-order valence-corrected chi connectivity index (χ0v) is 20.4. The van der Waals surface area contributed by atoms with Gasteiger partial charge in [-0.05, 0) is 105 Å². The number of ketones is 1. The normalized spacial score (nSPS) is 23.8. The first-order valence-corrected chi connectivity index (χ1v) is 13.3. The number of fused-ring (bicyclic) bond motifs is 1. The number of benzene rings is 2. The summed E-state index contributed by atoms with van der Waals surface area (Å²) in [4.78, 5) is 15.3. The van der Waals surface area contributed by atoms with Gasteiger partial charge in [0.1, 0.15) is 5.75 Å². The Kier molecular flexibility index (Phi) is 7.37. The maximum Gasteiger partial charge on any atom is 0.163 e. The molecule has 33 heavy (non-hydrogen) atoms. The SMILES string of the molecule is O=C(CC1CCC(CCN2CCC(c3cccc4c3CCO4)CC2)CC1)c1ccc(Cl)cc1. The second-order valence-electron chi connectivity index (χ2n) is 10.3. The monoisotopic (exact) mass is 465 g/mol. The zero-order chi connectivity index (χ0) is 22.6. The molecule has 2 aliphatic heterocycles. The summed E-state index contributed by atoms with van der Waals surface area (Å²) in [5.74, 6) is 3.48. The predicted molar refractivity (Wildman–Crippen MR) is 135 cm³/mol. The Labute approximate surface area is 203 Å². The van der Waals surface area contributed by atoms with Crippen LogP contribution in [0.5, 0.6) is 5.75 Å². The van der Waals surface area contributed by atoms with Crippen LogP contribution in [-0.2, 0) is 6.42 Å². The summed E-state index contributed by atoms with van der Waals surface area (Å²) in [5, 5.41) is 0.689. The standard InChI is InChI=1S/C29H36ClNO2/c30-25-10-8-24(9-11-25)28(32)20-22-6-4-21(5-7-22)12-16-31-17-13-23(14-18-31)26-2-1-3-29-27(26)15-19-33-29/h1-3,8-11,21-23H,4-7,12-20H2. The number of rotatable bonds is 7. The van der Waals surface area contributed by atoms with Crippen LogP contribution in [0.4, 0.5) is 0 Å². The molecule has 0 N–H and O–H groups in total. The third-order valence-corrected chi connectivity index (χ3v) is 8.52. The van der Waals surface area contributed by atoms with Crippen LogP contribution in [0.25, 0.3) is 0 Å². The first kappa shape index (κ1) is 22.9. The van der Waals surface area contributed by atoms with Crippen molar-refractivity contribution in [2.24, 2.45) is 11.8 Å². The molecular formula is C29H36ClNO2. The predicted octanol–water partition coefficient (Wildman–Crippen LogP) is 6.92. The van der Waals surface area contributed by atoms with E-state index in [1.54, 1.807) is 5.56 Å². The molecule has 3 nitrogen and oxygen atoms in total. The Bertz CT molecular complexity index is 941. The fourth-order valence-corrected chi connectivity index (χ4v) is 6.33. The lowest BCUT2D eigenvalue weighted by atomic mass is 9.78. The highest BCUT2D eigenvalue weighted by molar-refractivity contribution is 6.30. The summed E-state index contributed by atoms with van der Waals surface area (Å²) in [5.41, 5.74) is 3.83. The number of carbonyl (C=O) groups is 1. The van der Waals surface area contributed by atoms with Crippen molar-refractivity contribution < 1.29 is 9.53 Å². The Morgan fingerprint density at radius 3 is 2.42 bits per heavy atom. The van der Waals surface area contributed by atoms with Crippen molar-refractivity contribution in [3.63, 3.8) is 0 Å². The van der Waals surface area contributed by atoms with E-state index in [2.05, 4.69) is 23.1 Å². The maximum atomic E-state index is 12.6. The molecule has 1 saturated carbocycles. The number of carbonyl (C=O) groups excluding carboxylic acids is 1. The van der Waals surface area contributed by atoms with Gasteiger partial charge in [0.25, 0.3) is 0 Å². The molecule has 2 aromatic carbocycles. The number of ether oxygens (including phenoxy) is 1. The molecule has 1 aliphatic carbocycles. The first-order valence-electron chi connectivity index (χ1n) is 12.9. The number of nitrogens with zero attached hydrogens (tertiary/aromatic N) is 1. The first-order chi connectivity index (χ1) is 16.2. The van der Waals surface area contributed by atoms with E-state index >= 15 is 0 Å². The highest BCUT2D eigenvalue weighted by Crippen LogP contribution is 2.38. The van der Waals surface area contributed by atoms with E-state index in [9.17, 15) is 4.79 Å². The molecular weight excluding hydrogens is 430 g/mol. The number of Topliss-reactive ketones (excluding diaryl/α,β-unsaturated/α-hetero) is 1. The van der Waals surface area contributed by atoms with Crippen molar-refractivity contribution in [1.82, 2.24) is 4.90 Å². The average molecular weight is 466 g/mol. The van der Waals surface area contributed by atoms with E-state index in [-0.39, 0.29) is 5.78 Å². The smallest absolute Gasteiger partial charge is 0.163 e. The molecule has 0 bridgehead atoms. The number of piperidine rings is 1. The minimum atomic E-state index is 0.272. The van der Waals surface area contributed by atoms with Gasteiger partial charge in [-0.3, -0.25) is 4.79 Å². The highest BCUT2D eigenvalue weighted by atomic mass is 35.5. The highest BCUT2D eigenvalue weighted by Gasteiger charge is 2.27. The van der Waals surface area contributed by atoms with Gasteiger partial charge in [-0.25, -0.2) is 0 Å². The number of halogens is 1. The fraction of sp³-hybridized carbons (Fsp3) is 0.552. The van der Waals surface area contributed by atoms with Crippen LogP contribution in [0.2, 0.25) is 5.02 Å². The van der Waals surface area contributed by atoms with Crippen LogP contribution in [0.1, 0.15) is 78.8 Å². The summed E-state index contributed by atoms with van der Waals surface area (Å²) in [7, 11) is 0. The van der Waals surface area contributed by atoms with Crippen LogP contribution >= 0.6 is 11.6 Å². The Hall–Kier alpha value is -1.84. The second-order valence-corrected chi connectivity index (χ2v) is 10.8. The van der Waals surface area contributed by atoms with Crippen LogP contribution < -0.4 is 4.74 Å². The molecule has 1 saturated heterocycles. The quantitative estimate of drug-likeness (QED) is 0.415. The van der Waals surface area contributed by atoms with Gasteiger partial charge in [0, 0.05) is 29.0 Å². The lowest BCUT2D eigenvalue weighted by molar-refractivity contribution is 0.0939. The van der Waals surface area contributed by atoms with Crippen molar-refractivity contribution in [3.05, 3.63) is 64.2 Å². The number of hydrogen-bond acceptors (Lipinski definition) is 3. The number of hydrogen-bond donors (Lipinski definition) is 0. The average Bonchev–Trinajstić information content (AvgIpc) is 3.34. The Morgan fingerprint density at radius 2 is 1.67 bits per heavy atom. The Balaban J connectivity index is 1.02. The van der Waals surface area contributed by atoms with Gasteiger partial charge in [0.15, 0.2) is 5.78 Å². The lowest BCUT2D eigenvalue weighted by Gasteiger charge is -2.35. The van der Waals surface area contributed by atoms with Crippen molar-refractivity contribution in [2.45, 2.75) is 63.7 Å². The van der Waals surface area contributed by atoms with Crippen LogP contribution in [0, 0.1) is 11.8 Å². The topological polar surface area (TPSA) is 29.5 Å². The zero-order valence-electron chi connectivity index (χ0n) is 19.6. The minimum absolute atomic E-state index is 0.272. The molecule has 0 spiro atoms. The Morgan fingerprint density at radius 1 is 0.939 bits per heavy atom. The van der Waals surface area contributed by atoms with Crippen molar-refractivity contribution in [3.8, 4) is 5.75 Å². The van der Waals surface area contributed by atoms with Gasteiger partial charge in [-0.2, -0.15) is 0 Å². The summed E-state index contributed by atoms with van der Waals surface area (Å²) in [6.07, 6.45) is 10.6. The van der Waals surface area contributed by atoms with Gasteiger partial charge in [0.2, 0.25) is 0 Å². The van der Waals surface area contributed by atoms with Crippen molar-refractivity contribution >= 4 is 17.4 Å². The maximum absolute atomic E-state index is 12.6. The molecule has 0 aromatic heterocycles. The van der Waals surface area contributed by atoms with Gasteiger partial charge in [0.05, 0.1) is 6.61 Å². The van der Waals surface area contributed by atoms with E-state index in [4.69, 9.17) is 16.3 Å². The summed E-state index contributed by atoms with van der Waals surface area (Å²) >= 11 is 5.95. The molecule has 3 aliphatic rings.